The molecule has 1 atom stereocenters. The number of aromatic hydroxyl groups is 1. The number of nitrogens with two attached hydrogens (primary N) is 1. The summed E-state index contributed by atoms with van der Waals surface area (Å²) in [5, 5.41) is 18.4. The van der Waals surface area contributed by atoms with E-state index in [1.54, 1.807) is 12.1 Å². The van der Waals surface area contributed by atoms with Crippen LogP contribution in [-0.4, -0.2) is 23.9 Å². The van der Waals surface area contributed by atoms with Crippen molar-refractivity contribution in [1.29, 1.82) is 0 Å². The molecular formula is C10H14ClNO3. The van der Waals surface area contributed by atoms with Crippen LogP contribution in [0.5, 0.6) is 11.5 Å². The fourth-order valence-electron chi connectivity index (χ4n) is 1.27. The number of hydrogen-bond donors (Lipinski definition) is 3. The zero-order valence-corrected chi connectivity index (χ0v) is 9.16. The van der Waals surface area contributed by atoms with Crippen LogP contribution in [0.15, 0.2) is 12.1 Å². The number of phenolic OH excluding ortho intramolecular Hbond substituents is 1. The Bertz CT molecular complexity index is 344. The summed E-state index contributed by atoms with van der Waals surface area (Å²) in [4.78, 5) is 0. The first kappa shape index (κ1) is 12.1. The van der Waals surface area contributed by atoms with E-state index in [4.69, 9.17) is 27.2 Å². The minimum atomic E-state index is -0.318. The number of halogens is 1. The third-order valence-corrected chi connectivity index (χ3v) is 2.43. The van der Waals surface area contributed by atoms with Crippen molar-refractivity contribution in [3.63, 3.8) is 0 Å². The van der Waals surface area contributed by atoms with E-state index in [1.807, 2.05) is 0 Å². The molecule has 0 saturated carbocycles. The summed E-state index contributed by atoms with van der Waals surface area (Å²) >= 11 is 5.79. The highest BCUT2D eigenvalue weighted by molar-refractivity contribution is 6.32. The molecule has 1 rings (SSSR count). The lowest BCUT2D eigenvalue weighted by molar-refractivity contribution is 0.276. The van der Waals surface area contributed by atoms with E-state index in [0.717, 1.165) is 5.56 Å². The Labute approximate surface area is 93.2 Å². The normalized spacial score (nSPS) is 12.5. The van der Waals surface area contributed by atoms with Crippen LogP contribution < -0.4 is 10.5 Å². The second kappa shape index (κ2) is 5.21. The highest BCUT2D eigenvalue weighted by atomic mass is 35.5. The lowest BCUT2D eigenvalue weighted by Gasteiger charge is -2.13. The molecule has 0 aromatic heterocycles. The van der Waals surface area contributed by atoms with E-state index < -0.39 is 0 Å². The van der Waals surface area contributed by atoms with Gasteiger partial charge in [-0.15, -0.1) is 0 Å². The van der Waals surface area contributed by atoms with Crippen LogP contribution in [0.25, 0.3) is 0 Å². The molecule has 0 aliphatic rings. The van der Waals surface area contributed by atoms with Crippen LogP contribution in [0.3, 0.4) is 0 Å². The standard InChI is InChI=1S/C10H14ClNO3/c1-15-9-5-6(8(12)2-3-13)4-7(11)10(9)14/h4-5,8,13-14H,2-3,12H2,1H3/t8-/m1/s1. The van der Waals surface area contributed by atoms with Gasteiger partial charge < -0.3 is 20.7 Å². The van der Waals surface area contributed by atoms with Gasteiger partial charge in [0.15, 0.2) is 11.5 Å². The number of phenols is 1. The van der Waals surface area contributed by atoms with Crippen molar-refractivity contribution in [2.45, 2.75) is 12.5 Å². The fourth-order valence-corrected chi connectivity index (χ4v) is 1.49. The van der Waals surface area contributed by atoms with Crippen LogP contribution >= 0.6 is 11.6 Å². The monoisotopic (exact) mass is 231 g/mol. The third kappa shape index (κ3) is 2.75. The van der Waals surface area contributed by atoms with E-state index in [-0.39, 0.29) is 29.2 Å². The summed E-state index contributed by atoms with van der Waals surface area (Å²) in [6, 6.07) is 2.86. The highest BCUT2D eigenvalue weighted by Gasteiger charge is 2.13. The smallest absolute Gasteiger partial charge is 0.176 e. The van der Waals surface area contributed by atoms with E-state index in [1.165, 1.54) is 7.11 Å². The van der Waals surface area contributed by atoms with E-state index in [2.05, 4.69) is 0 Å². The van der Waals surface area contributed by atoms with Crippen LogP contribution in [0, 0.1) is 0 Å². The molecule has 1 aromatic carbocycles. The van der Waals surface area contributed by atoms with Gasteiger partial charge in [-0.25, -0.2) is 0 Å². The van der Waals surface area contributed by atoms with Gasteiger partial charge in [-0.05, 0) is 24.1 Å². The van der Waals surface area contributed by atoms with E-state index in [0.29, 0.717) is 6.42 Å². The molecule has 1 aromatic rings. The van der Waals surface area contributed by atoms with Gasteiger partial charge in [0.25, 0.3) is 0 Å². The Morgan fingerprint density at radius 2 is 2.20 bits per heavy atom. The Balaban J connectivity index is 3.05. The molecule has 0 spiro atoms. The van der Waals surface area contributed by atoms with Crippen LogP contribution in [-0.2, 0) is 0 Å². The number of aliphatic hydroxyl groups is 1. The maximum absolute atomic E-state index is 9.49. The predicted octanol–water partition coefficient (Wildman–Crippen LogP) is 1.44. The average Bonchev–Trinajstić information content (AvgIpc) is 2.22. The van der Waals surface area contributed by atoms with Crippen LogP contribution in [0.1, 0.15) is 18.0 Å². The SMILES string of the molecule is COc1cc([C@H](N)CCO)cc(Cl)c1O. The van der Waals surface area contributed by atoms with Crippen molar-refractivity contribution in [2.75, 3.05) is 13.7 Å². The summed E-state index contributed by atoms with van der Waals surface area (Å²) < 4.78 is 4.94. The topological polar surface area (TPSA) is 75.7 Å². The molecule has 0 aliphatic heterocycles. The lowest BCUT2D eigenvalue weighted by atomic mass is 10.0. The third-order valence-electron chi connectivity index (χ3n) is 2.14. The molecular weight excluding hydrogens is 218 g/mol. The molecule has 0 fully saturated rings. The van der Waals surface area contributed by atoms with Crippen molar-refractivity contribution in [2.24, 2.45) is 5.73 Å². The molecule has 0 heterocycles. The first-order valence-electron chi connectivity index (χ1n) is 4.53. The first-order valence-corrected chi connectivity index (χ1v) is 4.90. The highest BCUT2D eigenvalue weighted by Crippen LogP contribution is 2.36. The minimum absolute atomic E-state index is 0.00196. The number of hydrogen-bond acceptors (Lipinski definition) is 4. The van der Waals surface area contributed by atoms with Crippen molar-refractivity contribution >= 4 is 11.6 Å². The Hall–Kier alpha value is -0.970. The molecule has 0 aliphatic carbocycles. The van der Waals surface area contributed by atoms with Gasteiger partial charge in [0, 0.05) is 12.6 Å². The van der Waals surface area contributed by atoms with Gasteiger partial charge >= 0.3 is 0 Å². The van der Waals surface area contributed by atoms with E-state index in [9.17, 15) is 5.11 Å². The molecule has 0 saturated heterocycles. The van der Waals surface area contributed by atoms with Gasteiger partial charge in [0.05, 0.1) is 12.1 Å². The Kier molecular flexibility index (Phi) is 4.20. The molecule has 0 bridgehead atoms. The molecule has 0 radical (unpaired) electrons. The Morgan fingerprint density at radius 3 is 2.73 bits per heavy atom. The number of rotatable bonds is 4. The minimum Gasteiger partial charge on any atom is -0.503 e. The van der Waals surface area contributed by atoms with Gasteiger partial charge in [-0.1, -0.05) is 11.6 Å². The number of ether oxygens (including phenoxy) is 1. The van der Waals surface area contributed by atoms with Gasteiger partial charge in [-0.2, -0.15) is 0 Å². The zero-order chi connectivity index (χ0) is 11.4. The number of methoxy groups -OCH3 is 1. The van der Waals surface area contributed by atoms with Crippen LogP contribution in [0.4, 0.5) is 0 Å². The summed E-state index contributed by atoms with van der Waals surface area (Å²) in [5.41, 5.74) is 6.52. The van der Waals surface area contributed by atoms with Gasteiger partial charge in [0.1, 0.15) is 0 Å². The molecule has 84 valence electrons. The second-order valence-electron chi connectivity index (χ2n) is 3.17. The lowest BCUT2D eigenvalue weighted by Crippen LogP contribution is -2.12. The number of benzene rings is 1. The van der Waals surface area contributed by atoms with Gasteiger partial charge in [0.2, 0.25) is 0 Å². The fraction of sp³-hybridized carbons (Fsp3) is 0.400. The molecule has 5 heteroatoms. The average molecular weight is 232 g/mol. The quantitative estimate of drug-likeness (QED) is 0.733. The number of aliphatic hydroxyl groups excluding tert-OH is 1. The Morgan fingerprint density at radius 1 is 1.53 bits per heavy atom. The van der Waals surface area contributed by atoms with E-state index >= 15 is 0 Å². The predicted molar refractivity (Wildman–Crippen MR) is 58.3 cm³/mol. The van der Waals surface area contributed by atoms with Crippen molar-refractivity contribution in [1.82, 2.24) is 0 Å². The van der Waals surface area contributed by atoms with Crippen molar-refractivity contribution in [3.05, 3.63) is 22.7 Å². The first-order chi connectivity index (χ1) is 7.10. The molecule has 0 unspecified atom stereocenters. The van der Waals surface area contributed by atoms with Crippen LogP contribution in [0.2, 0.25) is 5.02 Å². The maximum atomic E-state index is 9.49. The molecule has 4 N–H and O–H groups in total. The van der Waals surface area contributed by atoms with Crippen molar-refractivity contribution in [3.8, 4) is 11.5 Å². The molecule has 0 amide bonds. The summed E-state index contributed by atoms with van der Waals surface area (Å²) in [5.74, 6) is 0.185. The van der Waals surface area contributed by atoms with Crippen molar-refractivity contribution < 1.29 is 14.9 Å². The summed E-state index contributed by atoms with van der Waals surface area (Å²) in [6.45, 7) is 0.00196. The maximum Gasteiger partial charge on any atom is 0.176 e. The molecule has 4 nitrogen and oxygen atoms in total. The van der Waals surface area contributed by atoms with Gasteiger partial charge in [-0.3, -0.25) is 0 Å². The second-order valence-corrected chi connectivity index (χ2v) is 3.58. The molecule has 15 heavy (non-hydrogen) atoms. The summed E-state index contributed by atoms with van der Waals surface area (Å²) in [7, 11) is 1.44. The summed E-state index contributed by atoms with van der Waals surface area (Å²) in [6.07, 6.45) is 0.435. The largest absolute Gasteiger partial charge is 0.503 e. The zero-order valence-electron chi connectivity index (χ0n) is 8.40.